The van der Waals surface area contributed by atoms with Crippen LogP contribution in [-0.4, -0.2) is 5.11 Å². The van der Waals surface area contributed by atoms with E-state index in [1.807, 2.05) is 12.1 Å². The average Bonchev–Trinajstić information content (AvgIpc) is 2.93. The lowest BCUT2D eigenvalue weighted by molar-refractivity contribution is 0.456. The van der Waals surface area contributed by atoms with Crippen LogP contribution in [0.4, 0.5) is 0 Å². The number of rotatable bonds is 3. The van der Waals surface area contributed by atoms with E-state index in [1.165, 1.54) is 12.8 Å². The van der Waals surface area contributed by atoms with Gasteiger partial charge in [-0.15, -0.1) is 12.4 Å². The molecule has 0 heterocycles. The standard InChI is InChI=1S/C11H14ClNO.ClH/c12-9-3-1-2-8(11(9)14)10(13)6-7-4-5-7;/h1-3,7,10,14H,4-6,13H2;1H/t10-;/m0./s1. The fourth-order valence-corrected chi connectivity index (χ4v) is 1.85. The predicted molar refractivity (Wildman–Crippen MR) is 64.6 cm³/mol. The first-order valence-corrected chi connectivity index (χ1v) is 5.29. The van der Waals surface area contributed by atoms with E-state index in [2.05, 4.69) is 0 Å². The molecule has 4 heteroatoms. The molecule has 0 spiro atoms. The number of halogens is 2. The maximum atomic E-state index is 9.69. The fraction of sp³-hybridized carbons (Fsp3) is 0.455. The molecule has 1 aliphatic rings. The Morgan fingerprint density at radius 1 is 1.47 bits per heavy atom. The molecule has 2 rings (SSSR count). The van der Waals surface area contributed by atoms with E-state index >= 15 is 0 Å². The lowest BCUT2D eigenvalue weighted by Crippen LogP contribution is -2.11. The number of phenolic OH excluding ortho intramolecular Hbond substituents is 1. The Hall–Kier alpha value is -0.440. The van der Waals surface area contributed by atoms with Crippen molar-refractivity contribution in [2.75, 3.05) is 0 Å². The van der Waals surface area contributed by atoms with Gasteiger partial charge in [0.1, 0.15) is 5.75 Å². The van der Waals surface area contributed by atoms with Crippen LogP contribution in [0.2, 0.25) is 5.02 Å². The summed E-state index contributed by atoms with van der Waals surface area (Å²) in [4.78, 5) is 0. The fourth-order valence-electron chi connectivity index (χ4n) is 1.67. The first kappa shape index (κ1) is 12.6. The van der Waals surface area contributed by atoms with Crippen molar-refractivity contribution in [3.05, 3.63) is 28.8 Å². The number of para-hydroxylation sites is 1. The molecule has 1 saturated carbocycles. The van der Waals surface area contributed by atoms with Crippen molar-refractivity contribution in [1.82, 2.24) is 0 Å². The van der Waals surface area contributed by atoms with E-state index in [-0.39, 0.29) is 24.2 Å². The highest BCUT2D eigenvalue weighted by Crippen LogP contribution is 2.39. The molecule has 2 nitrogen and oxygen atoms in total. The maximum absolute atomic E-state index is 9.69. The van der Waals surface area contributed by atoms with Crippen molar-refractivity contribution in [3.63, 3.8) is 0 Å². The Labute approximate surface area is 101 Å². The van der Waals surface area contributed by atoms with Gasteiger partial charge in [-0.25, -0.2) is 0 Å². The Morgan fingerprint density at radius 2 is 2.13 bits per heavy atom. The van der Waals surface area contributed by atoms with Gasteiger partial charge in [0.05, 0.1) is 5.02 Å². The second-order valence-electron chi connectivity index (χ2n) is 3.96. The number of aromatic hydroxyl groups is 1. The molecule has 1 aliphatic carbocycles. The molecule has 15 heavy (non-hydrogen) atoms. The van der Waals surface area contributed by atoms with Gasteiger partial charge < -0.3 is 10.8 Å². The minimum Gasteiger partial charge on any atom is -0.506 e. The van der Waals surface area contributed by atoms with E-state index in [9.17, 15) is 5.11 Å². The normalized spacial score (nSPS) is 16.9. The summed E-state index contributed by atoms with van der Waals surface area (Å²) in [6.45, 7) is 0. The summed E-state index contributed by atoms with van der Waals surface area (Å²) in [7, 11) is 0. The summed E-state index contributed by atoms with van der Waals surface area (Å²) < 4.78 is 0. The minimum absolute atomic E-state index is 0. The van der Waals surface area contributed by atoms with Gasteiger partial charge in [-0.3, -0.25) is 0 Å². The van der Waals surface area contributed by atoms with E-state index in [1.54, 1.807) is 6.07 Å². The van der Waals surface area contributed by atoms with Crippen LogP contribution >= 0.6 is 24.0 Å². The van der Waals surface area contributed by atoms with E-state index in [0.29, 0.717) is 5.02 Å². The van der Waals surface area contributed by atoms with Crippen LogP contribution in [0.5, 0.6) is 5.75 Å². The van der Waals surface area contributed by atoms with Gasteiger partial charge in [0.2, 0.25) is 0 Å². The largest absolute Gasteiger partial charge is 0.506 e. The van der Waals surface area contributed by atoms with Crippen LogP contribution in [0.1, 0.15) is 30.9 Å². The summed E-state index contributed by atoms with van der Waals surface area (Å²) in [5, 5.41) is 10.1. The number of nitrogens with two attached hydrogens (primary N) is 1. The molecule has 0 amide bonds. The third kappa shape index (κ3) is 3.00. The summed E-state index contributed by atoms with van der Waals surface area (Å²) in [6.07, 6.45) is 3.50. The zero-order valence-electron chi connectivity index (χ0n) is 8.32. The van der Waals surface area contributed by atoms with Gasteiger partial charge in [-0.2, -0.15) is 0 Å². The summed E-state index contributed by atoms with van der Waals surface area (Å²) in [6, 6.07) is 5.25. The molecule has 0 aromatic heterocycles. The highest BCUT2D eigenvalue weighted by molar-refractivity contribution is 6.32. The molecule has 1 aromatic rings. The van der Waals surface area contributed by atoms with Crippen LogP contribution in [0.3, 0.4) is 0 Å². The Balaban J connectivity index is 0.00000112. The van der Waals surface area contributed by atoms with E-state index < -0.39 is 0 Å². The quantitative estimate of drug-likeness (QED) is 0.862. The molecule has 1 atom stereocenters. The smallest absolute Gasteiger partial charge is 0.138 e. The predicted octanol–water partition coefficient (Wildman–Crippen LogP) is 3.27. The van der Waals surface area contributed by atoms with Crippen LogP contribution in [0, 0.1) is 5.92 Å². The molecule has 0 unspecified atom stereocenters. The molecule has 1 fully saturated rings. The van der Waals surface area contributed by atoms with Crippen molar-refractivity contribution >= 4 is 24.0 Å². The molecule has 0 bridgehead atoms. The SMILES string of the molecule is Cl.N[C@@H](CC1CC1)c1cccc(Cl)c1O. The Morgan fingerprint density at radius 3 is 2.73 bits per heavy atom. The van der Waals surface area contributed by atoms with Crippen LogP contribution in [0.15, 0.2) is 18.2 Å². The molecular weight excluding hydrogens is 233 g/mol. The van der Waals surface area contributed by atoms with Crippen LogP contribution < -0.4 is 5.73 Å². The highest BCUT2D eigenvalue weighted by atomic mass is 35.5. The second kappa shape index (κ2) is 5.06. The van der Waals surface area contributed by atoms with E-state index in [0.717, 1.165) is 17.9 Å². The van der Waals surface area contributed by atoms with Gasteiger partial charge in [0.25, 0.3) is 0 Å². The topological polar surface area (TPSA) is 46.2 Å². The molecule has 84 valence electrons. The number of phenols is 1. The zero-order chi connectivity index (χ0) is 10.1. The van der Waals surface area contributed by atoms with Crippen molar-refractivity contribution < 1.29 is 5.11 Å². The van der Waals surface area contributed by atoms with Crippen molar-refractivity contribution in [3.8, 4) is 5.75 Å². The van der Waals surface area contributed by atoms with Gasteiger partial charge in [-0.05, 0) is 18.4 Å². The molecule has 0 saturated heterocycles. The lowest BCUT2D eigenvalue weighted by Gasteiger charge is -2.13. The lowest BCUT2D eigenvalue weighted by atomic mass is 10.0. The number of benzene rings is 1. The number of hydrogen-bond acceptors (Lipinski definition) is 2. The van der Waals surface area contributed by atoms with Crippen molar-refractivity contribution in [1.29, 1.82) is 0 Å². The van der Waals surface area contributed by atoms with Gasteiger partial charge in [0, 0.05) is 11.6 Å². The van der Waals surface area contributed by atoms with Gasteiger partial charge in [0.15, 0.2) is 0 Å². The highest BCUT2D eigenvalue weighted by Gasteiger charge is 2.25. The Kier molecular flexibility index (Phi) is 4.26. The van der Waals surface area contributed by atoms with Gasteiger partial charge in [-0.1, -0.05) is 36.6 Å². The zero-order valence-corrected chi connectivity index (χ0v) is 9.89. The molecule has 1 aromatic carbocycles. The first-order chi connectivity index (χ1) is 6.68. The Bertz CT molecular complexity index is 339. The van der Waals surface area contributed by atoms with Crippen LogP contribution in [0.25, 0.3) is 0 Å². The molecule has 0 radical (unpaired) electrons. The second-order valence-corrected chi connectivity index (χ2v) is 4.37. The summed E-state index contributed by atoms with van der Waals surface area (Å²) >= 11 is 5.80. The third-order valence-electron chi connectivity index (χ3n) is 2.70. The van der Waals surface area contributed by atoms with Crippen molar-refractivity contribution in [2.24, 2.45) is 11.7 Å². The van der Waals surface area contributed by atoms with Gasteiger partial charge >= 0.3 is 0 Å². The maximum Gasteiger partial charge on any atom is 0.138 e. The molecule has 3 N–H and O–H groups in total. The number of hydrogen-bond donors (Lipinski definition) is 2. The summed E-state index contributed by atoms with van der Waals surface area (Å²) in [5.74, 6) is 0.894. The molecule has 0 aliphatic heterocycles. The first-order valence-electron chi connectivity index (χ1n) is 4.91. The average molecular weight is 248 g/mol. The third-order valence-corrected chi connectivity index (χ3v) is 3.01. The minimum atomic E-state index is -0.0822. The van der Waals surface area contributed by atoms with Crippen LogP contribution in [-0.2, 0) is 0 Å². The summed E-state index contributed by atoms with van der Waals surface area (Å²) in [5.41, 5.74) is 6.75. The molecular formula is C11H15Cl2NO. The van der Waals surface area contributed by atoms with Crippen molar-refractivity contribution in [2.45, 2.75) is 25.3 Å². The van der Waals surface area contributed by atoms with E-state index in [4.69, 9.17) is 17.3 Å². The monoisotopic (exact) mass is 247 g/mol.